The summed E-state index contributed by atoms with van der Waals surface area (Å²) in [6.07, 6.45) is 20.8. The number of aromatic nitrogens is 2. The molecular formula is C24H46N4O2. The number of nitrogens with two attached hydrogens (primary N) is 1. The Bertz CT molecular complexity index is 540. The molecule has 0 saturated heterocycles. The van der Waals surface area contributed by atoms with Gasteiger partial charge in [0.05, 0.1) is 12.7 Å². The zero-order valence-electron chi connectivity index (χ0n) is 19.6. The highest BCUT2D eigenvalue weighted by Crippen LogP contribution is 2.15. The minimum atomic E-state index is -0.0764. The maximum atomic E-state index is 12.0. The highest BCUT2D eigenvalue weighted by Gasteiger charge is 2.11. The molecule has 0 aliphatic rings. The molecule has 0 bridgehead atoms. The van der Waals surface area contributed by atoms with E-state index >= 15 is 0 Å². The fraction of sp³-hybridized carbons (Fsp3) is 0.833. The fourth-order valence-corrected chi connectivity index (χ4v) is 3.54. The third kappa shape index (κ3) is 12.8. The molecule has 174 valence electrons. The van der Waals surface area contributed by atoms with Gasteiger partial charge in [-0.2, -0.15) is 0 Å². The summed E-state index contributed by atoms with van der Waals surface area (Å²) < 4.78 is 6.20. The second-order valence-corrected chi connectivity index (χ2v) is 8.36. The summed E-state index contributed by atoms with van der Waals surface area (Å²) in [5.74, 6) is 0.757. The van der Waals surface area contributed by atoms with Crippen LogP contribution in [0.2, 0.25) is 0 Å². The molecule has 3 N–H and O–H groups in total. The van der Waals surface area contributed by atoms with Crippen molar-refractivity contribution in [3.05, 3.63) is 11.3 Å². The minimum Gasteiger partial charge on any atom is -0.754 e. The number of nitrogens with one attached hydrogen (secondary N) is 1. The van der Waals surface area contributed by atoms with Gasteiger partial charge in [-0.3, -0.25) is 0 Å². The monoisotopic (exact) mass is 422 g/mol. The predicted octanol–water partition coefficient (Wildman–Crippen LogP) is 6.37. The number of rotatable bonds is 20. The molecule has 0 radical (unpaired) electrons. The Morgan fingerprint density at radius 1 is 0.833 bits per heavy atom. The van der Waals surface area contributed by atoms with Crippen LogP contribution in [-0.4, -0.2) is 18.1 Å². The van der Waals surface area contributed by atoms with Gasteiger partial charge in [-0.15, -0.1) is 0 Å². The summed E-state index contributed by atoms with van der Waals surface area (Å²) in [4.78, 5) is 3.99. The third-order valence-corrected chi connectivity index (χ3v) is 5.50. The Hall–Kier alpha value is -1.72. The van der Waals surface area contributed by atoms with Gasteiger partial charge in [0.1, 0.15) is 0 Å². The molecule has 0 amide bonds. The average Bonchev–Trinajstić information content (AvgIpc) is 2.74. The van der Waals surface area contributed by atoms with Crippen LogP contribution in [0.25, 0.3) is 0 Å². The van der Waals surface area contributed by atoms with Crippen molar-refractivity contribution < 1.29 is 9.47 Å². The van der Waals surface area contributed by atoms with Crippen LogP contribution in [0.4, 0.5) is 11.8 Å². The van der Waals surface area contributed by atoms with Crippen LogP contribution < -0.4 is 20.5 Å². The lowest BCUT2D eigenvalue weighted by Gasteiger charge is -2.14. The molecule has 6 nitrogen and oxygen atoms in total. The van der Waals surface area contributed by atoms with Crippen LogP contribution in [-0.2, 0) is 0 Å². The lowest BCUT2D eigenvalue weighted by molar-refractivity contribution is -0.577. The van der Waals surface area contributed by atoms with Gasteiger partial charge < -0.3 is 21.0 Å². The van der Waals surface area contributed by atoms with E-state index in [1.165, 1.54) is 83.5 Å². The van der Waals surface area contributed by atoms with Crippen LogP contribution in [0.15, 0.2) is 6.07 Å². The summed E-state index contributed by atoms with van der Waals surface area (Å²) in [6, 6.07) is 1.64. The molecule has 0 aliphatic carbocycles. The van der Waals surface area contributed by atoms with Gasteiger partial charge in [-0.1, -0.05) is 109 Å². The topological polar surface area (TPSA) is 87.1 Å². The molecule has 0 aromatic carbocycles. The van der Waals surface area contributed by atoms with E-state index in [-0.39, 0.29) is 5.95 Å². The second-order valence-electron chi connectivity index (χ2n) is 8.36. The van der Waals surface area contributed by atoms with Crippen LogP contribution in [0, 0.1) is 5.21 Å². The Balaban J connectivity index is 2.02. The first kappa shape index (κ1) is 26.3. The lowest BCUT2D eigenvalue weighted by atomic mass is 10.0. The zero-order chi connectivity index (χ0) is 21.9. The molecular weight excluding hydrogens is 376 g/mol. The first-order chi connectivity index (χ1) is 14.7. The van der Waals surface area contributed by atoms with Crippen LogP contribution >= 0.6 is 0 Å². The highest BCUT2D eigenvalue weighted by molar-refractivity contribution is 5.36. The highest BCUT2D eigenvalue weighted by atomic mass is 16.5. The number of hydrogen-bond acceptors (Lipinski definition) is 5. The Labute approximate surface area is 184 Å². The van der Waals surface area contributed by atoms with Gasteiger partial charge >= 0.3 is 5.95 Å². The summed E-state index contributed by atoms with van der Waals surface area (Å²) in [5.41, 5.74) is 5.70. The van der Waals surface area contributed by atoms with Crippen molar-refractivity contribution in [3.63, 3.8) is 0 Å². The van der Waals surface area contributed by atoms with E-state index in [2.05, 4.69) is 24.1 Å². The molecule has 6 heteroatoms. The number of nitrogens with zero attached hydrogens (tertiary/aromatic N) is 2. The third-order valence-electron chi connectivity index (χ3n) is 5.50. The molecule has 0 saturated carbocycles. The Morgan fingerprint density at radius 2 is 1.33 bits per heavy atom. The quantitative estimate of drug-likeness (QED) is 0.145. The van der Waals surface area contributed by atoms with Crippen molar-refractivity contribution in [1.82, 2.24) is 4.98 Å². The SMILES string of the molecule is CCCCCCCCCCCCCCCCNc1cc(OCCCC)nc(N)[n+]1[O-]. The van der Waals surface area contributed by atoms with Gasteiger partial charge in [-0.05, 0) is 12.8 Å². The van der Waals surface area contributed by atoms with E-state index < -0.39 is 0 Å². The molecule has 0 atom stereocenters. The number of hydrogen-bond donors (Lipinski definition) is 2. The van der Waals surface area contributed by atoms with Gasteiger partial charge in [0.15, 0.2) is 0 Å². The molecule has 0 aliphatic heterocycles. The molecule has 1 rings (SSSR count). The van der Waals surface area contributed by atoms with Crippen molar-refractivity contribution in [2.45, 2.75) is 117 Å². The van der Waals surface area contributed by atoms with Gasteiger partial charge in [0.2, 0.25) is 5.82 Å². The first-order valence-corrected chi connectivity index (χ1v) is 12.5. The van der Waals surface area contributed by atoms with Gasteiger partial charge in [0.25, 0.3) is 5.88 Å². The van der Waals surface area contributed by atoms with Crippen molar-refractivity contribution in [3.8, 4) is 5.88 Å². The summed E-state index contributed by atoms with van der Waals surface area (Å²) in [5, 5.41) is 15.2. The van der Waals surface area contributed by atoms with Crippen molar-refractivity contribution in [2.24, 2.45) is 0 Å². The summed E-state index contributed by atoms with van der Waals surface area (Å²) in [6.45, 7) is 5.73. The number of ether oxygens (including phenoxy) is 1. The lowest BCUT2D eigenvalue weighted by Crippen LogP contribution is -2.36. The largest absolute Gasteiger partial charge is 0.754 e. The van der Waals surface area contributed by atoms with E-state index in [0.717, 1.165) is 25.8 Å². The maximum absolute atomic E-state index is 12.0. The molecule has 0 spiro atoms. The number of unbranched alkanes of at least 4 members (excludes halogenated alkanes) is 14. The van der Waals surface area contributed by atoms with Crippen molar-refractivity contribution in [2.75, 3.05) is 24.2 Å². The molecule has 1 aromatic heterocycles. The predicted molar refractivity (Wildman–Crippen MR) is 127 cm³/mol. The molecule has 1 aromatic rings. The second kappa shape index (κ2) is 18.1. The Kier molecular flexibility index (Phi) is 15.9. The zero-order valence-corrected chi connectivity index (χ0v) is 19.6. The van der Waals surface area contributed by atoms with E-state index in [1.54, 1.807) is 6.07 Å². The normalized spacial score (nSPS) is 11.0. The summed E-state index contributed by atoms with van der Waals surface area (Å²) >= 11 is 0. The molecule has 0 fully saturated rings. The van der Waals surface area contributed by atoms with E-state index in [0.29, 0.717) is 23.0 Å². The first-order valence-electron chi connectivity index (χ1n) is 12.5. The van der Waals surface area contributed by atoms with Crippen LogP contribution in [0.5, 0.6) is 5.88 Å². The van der Waals surface area contributed by atoms with E-state index in [9.17, 15) is 5.21 Å². The van der Waals surface area contributed by atoms with E-state index in [4.69, 9.17) is 10.5 Å². The van der Waals surface area contributed by atoms with Gasteiger partial charge in [-0.25, -0.2) is 4.73 Å². The van der Waals surface area contributed by atoms with Crippen LogP contribution in [0.3, 0.4) is 0 Å². The molecule has 0 unspecified atom stereocenters. The Morgan fingerprint density at radius 3 is 1.87 bits per heavy atom. The standard InChI is InChI=1S/C24H46N4O2/c1-3-5-7-8-9-10-11-12-13-14-15-16-17-18-19-26-22-21-23(30-20-6-4-2)27-24(25)28(22)29/h21,26H,3-20H2,1-2H3,(H2,25,27). The average molecular weight is 423 g/mol. The maximum Gasteiger partial charge on any atom is 0.347 e. The number of nitrogen functional groups attached to an aromatic ring is 1. The fourth-order valence-electron chi connectivity index (χ4n) is 3.54. The smallest absolute Gasteiger partial charge is 0.347 e. The van der Waals surface area contributed by atoms with Crippen molar-refractivity contribution >= 4 is 11.8 Å². The minimum absolute atomic E-state index is 0.0764. The van der Waals surface area contributed by atoms with Gasteiger partial charge in [0, 0.05) is 6.54 Å². The molecule has 30 heavy (non-hydrogen) atoms. The number of anilines is 2. The molecule has 1 heterocycles. The van der Waals surface area contributed by atoms with Crippen LogP contribution in [0.1, 0.15) is 117 Å². The van der Waals surface area contributed by atoms with Crippen molar-refractivity contribution in [1.29, 1.82) is 0 Å². The summed E-state index contributed by atoms with van der Waals surface area (Å²) in [7, 11) is 0. The van der Waals surface area contributed by atoms with E-state index in [1.807, 2.05) is 0 Å².